The molecule has 0 unspecified atom stereocenters. The zero-order chi connectivity index (χ0) is 12.4. The van der Waals surface area contributed by atoms with Gasteiger partial charge in [0, 0.05) is 19.3 Å². The van der Waals surface area contributed by atoms with Gasteiger partial charge in [-0.25, -0.2) is 9.97 Å². The van der Waals surface area contributed by atoms with Gasteiger partial charge in [0.1, 0.15) is 0 Å². The number of aryl methyl sites for hydroxylation is 1. The lowest BCUT2D eigenvalue weighted by atomic mass is 10.4. The molecule has 0 bridgehead atoms. The lowest BCUT2D eigenvalue weighted by Gasteiger charge is -2.08. The Bertz CT molecular complexity index is 607. The van der Waals surface area contributed by atoms with Gasteiger partial charge in [0.15, 0.2) is 11.2 Å². The number of aliphatic hydroxyl groups is 1. The average Bonchev–Trinajstić information content (AvgIpc) is 2.28. The molecule has 0 aliphatic rings. The zero-order valence-electron chi connectivity index (χ0n) is 9.42. The Morgan fingerprint density at radius 2 is 2.24 bits per heavy atom. The quantitative estimate of drug-likeness (QED) is 0.739. The van der Waals surface area contributed by atoms with Gasteiger partial charge in [-0.2, -0.15) is 4.98 Å². The van der Waals surface area contributed by atoms with Gasteiger partial charge in [0.2, 0.25) is 5.95 Å². The van der Waals surface area contributed by atoms with Crippen LogP contribution >= 0.6 is 0 Å². The molecule has 0 atom stereocenters. The van der Waals surface area contributed by atoms with Gasteiger partial charge in [0.25, 0.3) is 5.56 Å². The van der Waals surface area contributed by atoms with Crippen molar-refractivity contribution in [3.05, 3.63) is 22.2 Å². The van der Waals surface area contributed by atoms with E-state index in [1.54, 1.807) is 6.92 Å². The first-order valence-electron chi connectivity index (χ1n) is 5.24. The fraction of sp³-hybridized carbons (Fsp3) is 0.400. The van der Waals surface area contributed by atoms with E-state index in [9.17, 15) is 4.79 Å². The predicted molar refractivity (Wildman–Crippen MR) is 62.4 cm³/mol. The number of aliphatic hydroxyl groups excluding tert-OH is 1. The van der Waals surface area contributed by atoms with E-state index in [1.807, 2.05) is 0 Å². The fourth-order valence-corrected chi connectivity index (χ4v) is 1.54. The second-order valence-corrected chi connectivity index (χ2v) is 3.69. The number of rotatable bonds is 3. The summed E-state index contributed by atoms with van der Waals surface area (Å²) >= 11 is 0. The molecule has 0 spiro atoms. The van der Waals surface area contributed by atoms with Crippen LogP contribution in [-0.4, -0.2) is 31.2 Å². The summed E-state index contributed by atoms with van der Waals surface area (Å²) in [6.45, 7) is 2.07. The summed E-state index contributed by atoms with van der Waals surface area (Å²) in [6.07, 6.45) is 1.95. The summed E-state index contributed by atoms with van der Waals surface area (Å²) < 4.78 is 1.29. The third-order valence-corrected chi connectivity index (χ3v) is 2.36. The van der Waals surface area contributed by atoms with Crippen LogP contribution in [0.15, 0.2) is 11.0 Å². The molecule has 7 nitrogen and oxygen atoms in total. The Balaban J connectivity index is 2.63. The largest absolute Gasteiger partial charge is 0.396 e. The molecule has 0 amide bonds. The van der Waals surface area contributed by atoms with E-state index < -0.39 is 0 Å². The second-order valence-electron chi connectivity index (χ2n) is 3.69. The Morgan fingerprint density at radius 1 is 1.47 bits per heavy atom. The van der Waals surface area contributed by atoms with E-state index in [1.165, 1.54) is 10.8 Å². The highest BCUT2D eigenvalue weighted by atomic mass is 16.3. The third-order valence-electron chi connectivity index (χ3n) is 2.36. The van der Waals surface area contributed by atoms with Gasteiger partial charge < -0.3 is 10.8 Å². The number of nitrogen functional groups attached to an aromatic ring is 1. The van der Waals surface area contributed by atoms with Crippen molar-refractivity contribution in [3.8, 4) is 0 Å². The normalized spacial score (nSPS) is 10.9. The SMILES string of the molecule is Cc1cnc2c(=O)n(CCCO)c(N)nc2n1. The van der Waals surface area contributed by atoms with Crippen molar-refractivity contribution in [2.75, 3.05) is 12.3 Å². The Hall–Kier alpha value is -2.02. The predicted octanol–water partition coefficient (Wildman–Crippen LogP) is -0.540. The third kappa shape index (κ3) is 2.09. The van der Waals surface area contributed by atoms with Gasteiger partial charge in [-0.3, -0.25) is 9.36 Å². The van der Waals surface area contributed by atoms with Crippen LogP contribution in [0.3, 0.4) is 0 Å². The molecule has 2 heterocycles. The summed E-state index contributed by atoms with van der Waals surface area (Å²) in [5.74, 6) is 0.0934. The summed E-state index contributed by atoms with van der Waals surface area (Å²) in [6, 6.07) is 0. The molecular weight excluding hydrogens is 222 g/mol. The average molecular weight is 235 g/mol. The van der Waals surface area contributed by atoms with Crippen LogP contribution < -0.4 is 11.3 Å². The van der Waals surface area contributed by atoms with Crippen molar-refractivity contribution in [1.82, 2.24) is 19.5 Å². The maximum atomic E-state index is 12.0. The first-order valence-corrected chi connectivity index (χ1v) is 5.24. The van der Waals surface area contributed by atoms with Crippen LogP contribution in [0.5, 0.6) is 0 Å². The van der Waals surface area contributed by atoms with E-state index in [0.29, 0.717) is 18.7 Å². The molecule has 0 aliphatic heterocycles. The first-order chi connectivity index (χ1) is 8.13. The molecule has 90 valence electrons. The molecule has 2 aromatic rings. The minimum absolute atomic E-state index is 0.0104. The highest BCUT2D eigenvalue weighted by Crippen LogP contribution is 2.05. The van der Waals surface area contributed by atoms with Crippen LogP contribution in [0.4, 0.5) is 5.95 Å². The van der Waals surface area contributed by atoms with Crippen molar-refractivity contribution in [1.29, 1.82) is 0 Å². The molecule has 2 rings (SSSR count). The lowest BCUT2D eigenvalue weighted by molar-refractivity contribution is 0.279. The van der Waals surface area contributed by atoms with E-state index >= 15 is 0 Å². The van der Waals surface area contributed by atoms with Crippen LogP contribution in [0.25, 0.3) is 11.2 Å². The Kier molecular flexibility index (Phi) is 3.01. The standard InChI is InChI=1S/C10H13N5O2/c1-6-5-12-7-8(13-6)14-10(11)15(9(7)17)3-2-4-16/h5,16H,2-4H2,1H3,(H2,11,13,14). The molecular formula is C10H13N5O2. The summed E-state index contributed by atoms with van der Waals surface area (Å²) in [7, 11) is 0. The molecule has 3 N–H and O–H groups in total. The van der Waals surface area contributed by atoms with Crippen LogP contribution in [0.1, 0.15) is 12.1 Å². The van der Waals surface area contributed by atoms with Gasteiger partial charge in [-0.15, -0.1) is 0 Å². The van der Waals surface area contributed by atoms with Crippen molar-refractivity contribution < 1.29 is 5.11 Å². The molecule has 17 heavy (non-hydrogen) atoms. The zero-order valence-corrected chi connectivity index (χ0v) is 9.42. The highest BCUT2D eigenvalue weighted by Gasteiger charge is 2.10. The van der Waals surface area contributed by atoms with Crippen molar-refractivity contribution in [2.24, 2.45) is 0 Å². The Labute approximate surface area is 97.0 Å². The molecule has 0 aromatic carbocycles. The highest BCUT2D eigenvalue weighted by molar-refractivity contribution is 5.69. The maximum Gasteiger partial charge on any atom is 0.283 e. The number of anilines is 1. The molecule has 0 aliphatic carbocycles. The monoisotopic (exact) mass is 235 g/mol. The number of nitrogens with two attached hydrogens (primary N) is 1. The van der Waals surface area contributed by atoms with Crippen LogP contribution in [0, 0.1) is 6.92 Å². The van der Waals surface area contributed by atoms with Crippen LogP contribution in [-0.2, 0) is 6.54 Å². The Morgan fingerprint density at radius 3 is 2.94 bits per heavy atom. The number of fused-ring (bicyclic) bond motifs is 1. The minimum atomic E-state index is -0.326. The van der Waals surface area contributed by atoms with Gasteiger partial charge >= 0.3 is 0 Å². The number of hydrogen-bond acceptors (Lipinski definition) is 6. The topological polar surface area (TPSA) is 107 Å². The van der Waals surface area contributed by atoms with Gasteiger partial charge in [-0.05, 0) is 13.3 Å². The molecule has 0 saturated carbocycles. The first kappa shape index (κ1) is 11.5. The second kappa shape index (κ2) is 4.46. The summed E-state index contributed by atoms with van der Waals surface area (Å²) in [4.78, 5) is 24.2. The van der Waals surface area contributed by atoms with Gasteiger partial charge in [-0.1, -0.05) is 0 Å². The molecule has 0 saturated heterocycles. The van der Waals surface area contributed by atoms with Crippen molar-refractivity contribution in [3.63, 3.8) is 0 Å². The molecule has 7 heteroatoms. The summed E-state index contributed by atoms with van der Waals surface area (Å²) in [5, 5.41) is 8.75. The number of nitrogens with zero attached hydrogens (tertiary/aromatic N) is 4. The minimum Gasteiger partial charge on any atom is -0.396 e. The van der Waals surface area contributed by atoms with Crippen molar-refractivity contribution in [2.45, 2.75) is 19.9 Å². The molecule has 2 aromatic heterocycles. The number of aromatic nitrogens is 4. The van der Waals surface area contributed by atoms with E-state index in [-0.39, 0.29) is 29.3 Å². The number of hydrogen-bond donors (Lipinski definition) is 2. The van der Waals surface area contributed by atoms with E-state index in [2.05, 4.69) is 15.0 Å². The maximum absolute atomic E-state index is 12.0. The lowest BCUT2D eigenvalue weighted by Crippen LogP contribution is -2.26. The van der Waals surface area contributed by atoms with Crippen molar-refractivity contribution >= 4 is 17.1 Å². The molecule has 0 radical (unpaired) electrons. The molecule has 0 fully saturated rings. The van der Waals surface area contributed by atoms with E-state index in [0.717, 1.165) is 0 Å². The van der Waals surface area contributed by atoms with Crippen LogP contribution in [0.2, 0.25) is 0 Å². The fourth-order valence-electron chi connectivity index (χ4n) is 1.54. The van der Waals surface area contributed by atoms with E-state index in [4.69, 9.17) is 10.8 Å². The van der Waals surface area contributed by atoms with Gasteiger partial charge in [0.05, 0.1) is 5.69 Å². The summed E-state index contributed by atoms with van der Waals surface area (Å²) in [5.41, 5.74) is 6.49. The smallest absolute Gasteiger partial charge is 0.283 e.